The molecule has 31 heavy (non-hydrogen) atoms. The highest BCUT2D eigenvalue weighted by Crippen LogP contribution is 2.44. The third-order valence-corrected chi connectivity index (χ3v) is 7.25. The van der Waals surface area contributed by atoms with Gasteiger partial charge in [-0.3, -0.25) is 9.59 Å². The number of halogens is 1. The highest BCUT2D eigenvalue weighted by atomic mass is 35.5. The zero-order valence-electron chi connectivity index (χ0n) is 17.7. The van der Waals surface area contributed by atoms with Gasteiger partial charge in [0.1, 0.15) is 11.8 Å². The topological polar surface area (TPSA) is 84.5 Å². The number of carbonyl (C=O) groups is 3. The van der Waals surface area contributed by atoms with Gasteiger partial charge in [0.05, 0.1) is 18.3 Å². The van der Waals surface area contributed by atoms with Crippen LogP contribution < -0.4 is 10.6 Å². The minimum Gasteiger partial charge on any atom is -0.368 e. The van der Waals surface area contributed by atoms with Crippen molar-refractivity contribution < 1.29 is 19.1 Å². The Labute approximate surface area is 191 Å². The molecule has 1 fully saturated rings. The Balaban J connectivity index is 0.00000132. The van der Waals surface area contributed by atoms with E-state index in [0.29, 0.717) is 33.8 Å². The van der Waals surface area contributed by atoms with E-state index in [9.17, 15) is 9.59 Å². The minimum absolute atomic E-state index is 0.00143. The molecule has 1 aliphatic carbocycles. The number of ether oxygens (including phenoxy) is 1. The molecule has 1 saturated carbocycles. The molecule has 1 aromatic heterocycles. The van der Waals surface area contributed by atoms with E-state index in [2.05, 4.69) is 17.6 Å². The number of carbonyl (C=O) groups excluding carboxylic acids is 3. The second-order valence-corrected chi connectivity index (χ2v) is 9.46. The average molecular weight is 463 g/mol. The first-order chi connectivity index (χ1) is 14.9. The summed E-state index contributed by atoms with van der Waals surface area (Å²) in [6.07, 6.45) is 4.07. The Morgan fingerprint density at radius 2 is 1.77 bits per heavy atom. The second-order valence-electron chi connectivity index (χ2n) is 7.91. The van der Waals surface area contributed by atoms with Crippen molar-refractivity contribution in [2.24, 2.45) is 11.8 Å². The van der Waals surface area contributed by atoms with Gasteiger partial charge < -0.3 is 20.2 Å². The summed E-state index contributed by atoms with van der Waals surface area (Å²) in [7, 11) is 0. The first-order valence-corrected chi connectivity index (χ1v) is 11.6. The molecule has 0 spiro atoms. The first kappa shape index (κ1) is 23.4. The molecule has 1 aliphatic heterocycles. The van der Waals surface area contributed by atoms with Gasteiger partial charge in [0.25, 0.3) is 5.91 Å². The predicted octanol–water partition coefficient (Wildman–Crippen LogP) is 5.82. The van der Waals surface area contributed by atoms with Crippen LogP contribution in [0.3, 0.4) is 0 Å². The first-order valence-electron chi connectivity index (χ1n) is 10.4. The maximum Gasteiger partial charge on any atom is 0.259 e. The van der Waals surface area contributed by atoms with Gasteiger partial charge in [-0.15, -0.1) is 11.3 Å². The molecule has 8 heteroatoms. The Morgan fingerprint density at radius 3 is 2.45 bits per heavy atom. The molecule has 4 rings (SSSR count). The SMILES string of the molecule is C=O.CC1OCc2sc(NC(=O)C3CCCCC3C)c(C(=O)Nc3ccc(Cl)cc3)c21. The summed E-state index contributed by atoms with van der Waals surface area (Å²) in [5, 5.41) is 7.24. The summed E-state index contributed by atoms with van der Waals surface area (Å²) in [5.74, 6) is 0.145. The molecule has 2 heterocycles. The molecule has 0 bridgehead atoms. The van der Waals surface area contributed by atoms with Crippen molar-refractivity contribution in [3.8, 4) is 0 Å². The molecule has 6 nitrogen and oxygen atoms in total. The largest absolute Gasteiger partial charge is 0.368 e. The Kier molecular flexibility index (Phi) is 7.86. The summed E-state index contributed by atoms with van der Waals surface area (Å²) in [4.78, 5) is 35.1. The number of rotatable bonds is 4. The van der Waals surface area contributed by atoms with Crippen molar-refractivity contribution in [1.82, 2.24) is 0 Å². The number of thiophene rings is 1. The second kappa shape index (κ2) is 10.4. The lowest BCUT2D eigenvalue weighted by atomic mass is 9.80. The van der Waals surface area contributed by atoms with E-state index < -0.39 is 0 Å². The van der Waals surface area contributed by atoms with Crippen molar-refractivity contribution in [3.05, 3.63) is 45.3 Å². The fourth-order valence-corrected chi connectivity index (χ4v) is 5.60. The number of hydrogen-bond donors (Lipinski definition) is 2. The Bertz CT molecular complexity index is 944. The van der Waals surface area contributed by atoms with Crippen molar-refractivity contribution >= 4 is 52.2 Å². The number of nitrogens with one attached hydrogen (secondary N) is 2. The Hall–Kier alpha value is -2.22. The van der Waals surface area contributed by atoms with Crippen LogP contribution in [0.25, 0.3) is 0 Å². The molecule has 166 valence electrons. The molecular weight excluding hydrogens is 436 g/mol. The quantitative estimate of drug-likeness (QED) is 0.599. The van der Waals surface area contributed by atoms with Crippen LogP contribution in [0.4, 0.5) is 10.7 Å². The smallest absolute Gasteiger partial charge is 0.259 e. The van der Waals surface area contributed by atoms with Crippen molar-refractivity contribution in [1.29, 1.82) is 0 Å². The summed E-state index contributed by atoms with van der Waals surface area (Å²) < 4.78 is 5.71. The van der Waals surface area contributed by atoms with E-state index in [-0.39, 0.29) is 23.8 Å². The highest BCUT2D eigenvalue weighted by molar-refractivity contribution is 7.17. The van der Waals surface area contributed by atoms with E-state index in [1.54, 1.807) is 24.3 Å². The fourth-order valence-electron chi connectivity index (χ4n) is 4.26. The number of anilines is 2. The standard InChI is InChI=1S/C22H25ClN2O3S.CH2O/c1-12-5-3-4-6-16(12)20(26)25-22-19(18-13(2)28-11-17(18)29-22)21(27)24-15-9-7-14(23)8-10-15;1-2/h7-10,12-13,16H,3-6,11H2,1-2H3,(H,24,27)(H,25,26);1H2. The van der Waals surface area contributed by atoms with Gasteiger partial charge in [0.2, 0.25) is 5.91 Å². The minimum atomic E-state index is -0.242. The van der Waals surface area contributed by atoms with Gasteiger partial charge in [-0.1, -0.05) is 31.4 Å². The van der Waals surface area contributed by atoms with Crippen LogP contribution in [0, 0.1) is 11.8 Å². The van der Waals surface area contributed by atoms with Gasteiger partial charge in [0, 0.05) is 27.1 Å². The lowest BCUT2D eigenvalue weighted by Gasteiger charge is -2.27. The number of benzene rings is 1. The van der Waals surface area contributed by atoms with Crippen LogP contribution in [-0.2, 0) is 20.9 Å². The molecule has 1 aromatic carbocycles. The predicted molar refractivity (Wildman–Crippen MR) is 124 cm³/mol. The van der Waals surface area contributed by atoms with Gasteiger partial charge in [-0.25, -0.2) is 0 Å². The average Bonchev–Trinajstić information content (AvgIpc) is 3.30. The van der Waals surface area contributed by atoms with E-state index >= 15 is 0 Å². The van der Waals surface area contributed by atoms with Crippen molar-refractivity contribution in [2.45, 2.75) is 52.2 Å². The van der Waals surface area contributed by atoms with Crippen LogP contribution in [0.5, 0.6) is 0 Å². The monoisotopic (exact) mass is 462 g/mol. The molecule has 3 unspecified atom stereocenters. The van der Waals surface area contributed by atoms with Gasteiger partial charge >= 0.3 is 0 Å². The summed E-state index contributed by atoms with van der Waals surface area (Å²) in [5.41, 5.74) is 2.05. The van der Waals surface area contributed by atoms with Crippen LogP contribution in [0.1, 0.15) is 66.4 Å². The summed E-state index contributed by atoms with van der Waals surface area (Å²) >= 11 is 7.38. The normalized spacial score (nSPS) is 22.1. The van der Waals surface area contributed by atoms with Crippen LogP contribution in [0.15, 0.2) is 24.3 Å². The molecule has 2 aromatic rings. The fraction of sp³-hybridized carbons (Fsp3) is 0.435. The maximum absolute atomic E-state index is 13.2. The lowest BCUT2D eigenvalue weighted by Crippen LogP contribution is -2.30. The zero-order valence-corrected chi connectivity index (χ0v) is 19.3. The zero-order chi connectivity index (χ0) is 22.5. The number of hydrogen-bond acceptors (Lipinski definition) is 5. The number of fused-ring (bicyclic) bond motifs is 1. The third-order valence-electron chi connectivity index (χ3n) is 5.91. The molecule has 2 amide bonds. The molecular formula is C23H27ClN2O4S. The van der Waals surface area contributed by atoms with Crippen LogP contribution in [-0.4, -0.2) is 18.6 Å². The maximum atomic E-state index is 13.2. The summed E-state index contributed by atoms with van der Waals surface area (Å²) in [6.45, 7) is 6.55. The Morgan fingerprint density at radius 1 is 1.10 bits per heavy atom. The lowest BCUT2D eigenvalue weighted by molar-refractivity contribution is -0.122. The molecule has 2 aliphatic rings. The van der Waals surface area contributed by atoms with Crippen molar-refractivity contribution in [3.63, 3.8) is 0 Å². The van der Waals surface area contributed by atoms with E-state index in [0.717, 1.165) is 29.7 Å². The molecule has 0 saturated heterocycles. The van der Waals surface area contributed by atoms with E-state index in [1.807, 2.05) is 13.7 Å². The summed E-state index contributed by atoms with van der Waals surface area (Å²) in [6, 6.07) is 6.98. The number of amides is 2. The van der Waals surface area contributed by atoms with Crippen molar-refractivity contribution in [2.75, 3.05) is 10.6 Å². The highest BCUT2D eigenvalue weighted by Gasteiger charge is 2.34. The van der Waals surface area contributed by atoms with Gasteiger partial charge in [-0.2, -0.15) is 0 Å². The molecule has 0 radical (unpaired) electrons. The molecule has 3 atom stereocenters. The van der Waals surface area contributed by atoms with Crippen LogP contribution in [0.2, 0.25) is 5.02 Å². The third kappa shape index (κ3) is 5.17. The van der Waals surface area contributed by atoms with Gasteiger partial charge in [-0.05, 0) is 49.9 Å². The molecule has 2 N–H and O–H groups in total. The van der Waals surface area contributed by atoms with E-state index in [4.69, 9.17) is 21.1 Å². The van der Waals surface area contributed by atoms with E-state index in [1.165, 1.54) is 17.8 Å². The van der Waals surface area contributed by atoms with Crippen LogP contribution >= 0.6 is 22.9 Å². The van der Waals surface area contributed by atoms with Gasteiger partial charge in [0.15, 0.2) is 0 Å².